The van der Waals surface area contributed by atoms with Gasteiger partial charge in [0.05, 0.1) is 6.21 Å². The van der Waals surface area contributed by atoms with Crippen molar-refractivity contribution in [3.8, 4) is 5.69 Å². The van der Waals surface area contributed by atoms with Crippen molar-refractivity contribution >= 4 is 50.6 Å². The summed E-state index contributed by atoms with van der Waals surface area (Å²) >= 11 is 9.70. The molecule has 2 aromatic heterocycles. The second kappa shape index (κ2) is 8.13. The van der Waals surface area contributed by atoms with Crippen LogP contribution >= 0.6 is 27.5 Å². The van der Waals surface area contributed by atoms with Crippen molar-refractivity contribution in [1.29, 1.82) is 0 Å². The lowest BCUT2D eigenvalue weighted by atomic mass is 10.2. The monoisotopic (exact) mass is 483 g/mol. The maximum atomic E-state index is 12.4. The van der Waals surface area contributed by atoms with Crippen LogP contribution < -0.4 is 5.43 Å². The van der Waals surface area contributed by atoms with Crippen molar-refractivity contribution < 1.29 is 9.21 Å². The van der Waals surface area contributed by atoms with Crippen molar-refractivity contribution in [3.63, 3.8) is 0 Å². The van der Waals surface area contributed by atoms with E-state index in [1.165, 1.54) is 0 Å². The fourth-order valence-electron chi connectivity index (χ4n) is 3.47. The number of hydrogen-bond acceptors (Lipinski definition) is 3. The molecule has 2 heterocycles. The number of nitrogens with zero attached hydrogens (tertiary/aromatic N) is 2. The Morgan fingerprint density at radius 2 is 1.97 bits per heavy atom. The molecule has 152 valence electrons. The Kier molecular flexibility index (Phi) is 5.54. The number of fused-ring (bicyclic) bond motifs is 1. The van der Waals surface area contributed by atoms with Crippen LogP contribution in [0.3, 0.4) is 0 Å². The Morgan fingerprint density at radius 1 is 1.17 bits per heavy atom. The molecular weight excluding hydrogens is 466 g/mol. The molecule has 0 saturated carbocycles. The van der Waals surface area contributed by atoms with Gasteiger partial charge in [-0.3, -0.25) is 4.79 Å². The number of furan rings is 1. The zero-order chi connectivity index (χ0) is 21.4. The average Bonchev–Trinajstić information content (AvgIpc) is 3.25. The van der Waals surface area contributed by atoms with Gasteiger partial charge in [0.1, 0.15) is 5.58 Å². The number of hydrazone groups is 1. The minimum absolute atomic E-state index is 0.209. The van der Waals surface area contributed by atoms with E-state index in [1.807, 2.05) is 63.2 Å². The number of aromatic nitrogens is 1. The minimum Gasteiger partial charge on any atom is -0.451 e. The van der Waals surface area contributed by atoms with Gasteiger partial charge in [-0.25, -0.2) is 5.43 Å². The molecule has 2 aromatic carbocycles. The summed E-state index contributed by atoms with van der Waals surface area (Å²) < 4.78 is 8.64. The van der Waals surface area contributed by atoms with Gasteiger partial charge in [0.15, 0.2) is 5.76 Å². The highest BCUT2D eigenvalue weighted by molar-refractivity contribution is 9.10. The normalized spacial score (nSPS) is 11.5. The number of benzene rings is 2. The zero-order valence-corrected chi connectivity index (χ0v) is 19.0. The molecule has 1 amide bonds. The fraction of sp³-hybridized carbons (Fsp3) is 0.130. The van der Waals surface area contributed by atoms with Crippen LogP contribution in [0.15, 0.2) is 62.5 Å². The lowest BCUT2D eigenvalue weighted by molar-refractivity contribution is 0.0929. The van der Waals surface area contributed by atoms with Crippen LogP contribution in [0.5, 0.6) is 0 Å². The third kappa shape index (κ3) is 3.80. The van der Waals surface area contributed by atoms with Gasteiger partial charge >= 0.3 is 5.91 Å². The Balaban J connectivity index is 1.55. The van der Waals surface area contributed by atoms with Gasteiger partial charge in [-0.05, 0) is 68.8 Å². The molecule has 5 nitrogen and oxygen atoms in total. The van der Waals surface area contributed by atoms with Crippen molar-refractivity contribution in [2.75, 3.05) is 0 Å². The first-order valence-corrected chi connectivity index (χ1v) is 10.5. The molecule has 0 bridgehead atoms. The summed E-state index contributed by atoms with van der Waals surface area (Å²) in [5.41, 5.74) is 8.17. The van der Waals surface area contributed by atoms with E-state index in [2.05, 4.69) is 31.0 Å². The summed E-state index contributed by atoms with van der Waals surface area (Å²) in [6.07, 6.45) is 1.63. The fourth-order valence-corrected chi connectivity index (χ4v) is 4.02. The van der Waals surface area contributed by atoms with Gasteiger partial charge < -0.3 is 8.98 Å². The maximum absolute atomic E-state index is 12.4. The summed E-state index contributed by atoms with van der Waals surface area (Å²) in [5.74, 6) is -0.196. The average molecular weight is 485 g/mol. The van der Waals surface area contributed by atoms with E-state index in [4.69, 9.17) is 16.0 Å². The zero-order valence-electron chi connectivity index (χ0n) is 16.7. The largest absolute Gasteiger partial charge is 0.451 e. The van der Waals surface area contributed by atoms with E-state index < -0.39 is 5.91 Å². The molecule has 0 aliphatic carbocycles. The molecule has 0 aliphatic rings. The van der Waals surface area contributed by atoms with Crippen LogP contribution in [0, 0.1) is 20.8 Å². The van der Waals surface area contributed by atoms with Gasteiger partial charge in [-0.15, -0.1) is 0 Å². The second-order valence-electron chi connectivity index (χ2n) is 7.04. The highest BCUT2D eigenvalue weighted by Crippen LogP contribution is 2.27. The number of hydrogen-bond donors (Lipinski definition) is 1. The number of rotatable bonds is 4. The highest BCUT2D eigenvalue weighted by atomic mass is 79.9. The quantitative estimate of drug-likeness (QED) is 0.272. The maximum Gasteiger partial charge on any atom is 0.307 e. The molecule has 0 saturated heterocycles. The number of carbonyl (C=O) groups excluding carboxylic acids is 1. The second-order valence-corrected chi connectivity index (χ2v) is 8.36. The topological polar surface area (TPSA) is 59.5 Å². The van der Waals surface area contributed by atoms with Gasteiger partial charge in [0, 0.05) is 37.5 Å². The van der Waals surface area contributed by atoms with E-state index in [0.29, 0.717) is 5.58 Å². The molecule has 1 N–H and O–H groups in total. The molecule has 0 unspecified atom stereocenters. The van der Waals surface area contributed by atoms with Crippen LogP contribution in [0.25, 0.3) is 16.7 Å². The summed E-state index contributed by atoms with van der Waals surface area (Å²) in [4.78, 5) is 12.4. The Hall–Kier alpha value is -2.83. The van der Waals surface area contributed by atoms with Gasteiger partial charge in [-0.1, -0.05) is 33.6 Å². The predicted molar refractivity (Wildman–Crippen MR) is 124 cm³/mol. The first-order valence-electron chi connectivity index (χ1n) is 9.32. The smallest absolute Gasteiger partial charge is 0.307 e. The van der Waals surface area contributed by atoms with Gasteiger partial charge in [0.2, 0.25) is 0 Å². The van der Waals surface area contributed by atoms with E-state index in [9.17, 15) is 4.79 Å². The third-order valence-electron chi connectivity index (χ3n) is 5.02. The molecule has 0 radical (unpaired) electrons. The first-order chi connectivity index (χ1) is 14.3. The van der Waals surface area contributed by atoms with Crippen molar-refractivity contribution in [1.82, 2.24) is 9.99 Å². The Labute approximate surface area is 187 Å². The molecule has 0 fully saturated rings. The molecule has 7 heteroatoms. The number of carbonyl (C=O) groups is 1. The number of halogens is 2. The summed E-state index contributed by atoms with van der Waals surface area (Å²) in [6.45, 7) is 6.03. The SMILES string of the molecule is Cc1c(Cl)cccc1-n1c(C)cc(/C=N/NC(=O)c2cc3cc(Br)ccc3o2)c1C. The van der Waals surface area contributed by atoms with E-state index in [-0.39, 0.29) is 5.76 Å². The Bertz CT molecular complexity index is 1300. The van der Waals surface area contributed by atoms with Gasteiger partial charge in [-0.2, -0.15) is 5.10 Å². The summed E-state index contributed by atoms with van der Waals surface area (Å²) in [5, 5.41) is 5.69. The Morgan fingerprint density at radius 3 is 2.77 bits per heavy atom. The molecule has 0 atom stereocenters. The third-order valence-corrected chi connectivity index (χ3v) is 5.92. The predicted octanol–water partition coefficient (Wildman–Crippen LogP) is 6.33. The first kappa shape index (κ1) is 20.4. The number of aryl methyl sites for hydroxylation is 1. The van der Waals surface area contributed by atoms with Crippen LogP contribution in [-0.4, -0.2) is 16.7 Å². The van der Waals surface area contributed by atoms with Crippen molar-refractivity contribution in [3.05, 3.63) is 86.3 Å². The molecule has 0 aliphatic heterocycles. The number of amides is 1. The highest BCUT2D eigenvalue weighted by Gasteiger charge is 2.14. The van der Waals surface area contributed by atoms with E-state index in [1.54, 1.807) is 12.3 Å². The van der Waals surface area contributed by atoms with Crippen LogP contribution in [0.2, 0.25) is 5.02 Å². The van der Waals surface area contributed by atoms with Crippen LogP contribution in [0.4, 0.5) is 0 Å². The lowest BCUT2D eigenvalue weighted by Crippen LogP contribution is -2.16. The standard InChI is InChI=1S/C23H19BrClN3O2/c1-13-9-17(15(3)28(13)20-6-4-5-19(25)14(20)2)12-26-27-23(29)22-11-16-10-18(24)7-8-21(16)30-22/h4-12H,1-3H3,(H,27,29)/b26-12+. The van der Waals surface area contributed by atoms with E-state index >= 15 is 0 Å². The van der Waals surface area contributed by atoms with Crippen molar-refractivity contribution in [2.24, 2.45) is 5.10 Å². The minimum atomic E-state index is -0.405. The molecule has 4 rings (SSSR count). The van der Waals surface area contributed by atoms with Crippen molar-refractivity contribution in [2.45, 2.75) is 20.8 Å². The van der Waals surface area contributed by atoms with Crippen LogP contribution in [0.1, 0.15) is 33.1 Å². The van der Waals surface area contributed by atoms with Crippen LogP contribution in [-0.2, 0) is 0 Å². The van der Waals surface area contributed by atoms with E-state index in [0.717, 1.165) is 43.1 Å². The molecular formula is C23H19BrClN3O2. The summed E-state index contributed by atoms with van der Waals surface area (Å²) in [6, 6.07) is 15.1. The number of nitrogens with one attached hydrogen (secondary N) is 1. The van der Waals surface area contributed by atoms with Gasteiger partial charge in [0.25, 0.3) is 0 Å². The molecule has 30 heavy (non-hydrogen) atoms. The lowest BCUT2D eigenvalue weighted by Gasteiger charge is -2.13. The molecule has 4 aromatic rings. The summed E-state index contributed by atoms with van der Waals surface area (Å²) in [7, 11) is 0. The molecule has 0 spiro atoms.